The quantitative estimate of drug-likeness (QED) is 0.327. The van der Waals surface area contributed by atoms with Crippen LogP contribution in [0.15, 0.2) is 119 Å². The highest BCUT2D eigenvalue weighted by molar-refractivity contribution is 6.09. The van der Waals surface area contributed by atoms with Crippen molar-refractivity contribution in [3.05, 3.63) is 132 Å². The van der Waals surface area contributed by atoms with Gasteiger partial charge in [0.25, 0.3) is 0 Å². The second kappa shape index (κ2) is 8.21. The molecule has 0 fully saturated rings. The van der Waals surface area contributed by atoms with Crippen LogP contribution in [0.1, 0.15) is 22.5 Å². The summed E-state index contributed by atoms with van der Waals surface area (Å²) in [6.45, 7) is 0. The summed E-state index contributed by atoms with van der Waals surface area (Å²) < 4.78 is 0. The third-order valence-corrected chi connectivity index (χ3v) is 6.13. The highest BCUT2D eigenvalue weighted by Crippen LogP contribution is 2.33. The lowest BCUT2D eigenvalue weighted by molar-refractivity contribution is 1.26. The SMILES string of the molecule is C1=CC2=C(c3cccnc3)c3ccc([nH]3)NC3=NC(=C(c4cccnc4)c4ccc([nH]4)NC1=N2)C=C3. The van der Waals surface area contributed by atoms with Crippen molar-refractivity contribution in [2.24, 2.45) is 9.98 Å². The third-order valence-electron chi connectivity index (χ3n) is 6.13. The van der Waals surface area contributed by atoms with E-state index >= 15 is 0 Å². The number of anilines is 2. The molecule has 4 N–H and O–H groups in total. The molecule has 4 aromatic rings. The van der Waals surface area contributed by atoms with Gasteiger partial charge in [-0.2, -0.15) is 0 Å². The molecule has 8 nitrogen and oxygen atoms in total. The Bertz CT molecular complexity index is 1530. The van der Waals surface area contributed by atoms with E-state index in [0.717, 1.165) is 68.4 Å². The summed E-state index contributed by atoms with van der Waals surface area (Å²) in [7, 11) is 0. The van der Waals surface area contributed by atoms with Crippen molar-refractivity contribution in [2.45, 2.75) is 0 Å². The molecule has 3 aliphatic heterocycles. The van der Waals surface area contributed by atoms with Crippen molar-refractivity contribution in [2.75, 3.05) is 10.6 Å². The molecule has 0 spiro atoms. The fourth-order valence-corrected chi connectivity index (χ4v) is 4.55. The van der Waals surface area contributed by atoms with Crippen LogP contribution in [0.2, 0.25) is 0 Å². The van der Waals surface area contributed by atoms with Crippen molar-refractivity contribution < 1.29 is 0 Å². The van der Waals surface area contributed by atoms with Crippen LogP contribution in [-0.4, -0.2) is 31.6 Å². The molecule has 0 saturated heterocycles. The van der Waals surface area contributed by atoms with Crippen LogP contribution in [0.3, 0.4) is 0 Å². The molecule has 172 valence electrons. The number of aromatic nitrogens is 4. The number of allylic oxidation sites excluding steroid dienone is 2. The first-order chi connectivity index (χ1) is 17.8. The molecule has 0 aliphatic carbocycles. The van der Waals surface area contributed by atoms with Gasteiger partial charge in [0.2, 0.25) is 0 Å². The number of aromatic amines is 2. The van der Waals surface area contributed by atoms with Crippen LogP contribution >= 0.6 is 0 Å². The first-order valence-electron chi connectivity index (χ1n) is 11.6. The van der Waals surface area contributed by atoms with Crippen LogP contribution < -0.4 is 10.6 Å². The van der Waals surface area contributed by atoms with Crippen molar-refractivity contribution in [3.63, 3.8) is 0 Å². The molecule has 0 radical (unpaired) electrons. The minimum Gasteiger partial charge on any atom is -0.341 e. The summed E-state index contributed by atoms with van der Waals surface area (Å²) in [5.41, 5.74) is 7.42. The monoisotopic (exact) mass is 468 g/mol. The Morgan fingerprint density at radius 3 is 1.47 bits per heavy atom. The Morgan fingerprint density at radius 1 is 0.528 bits per heavy atom. The Morgan fingerprint density at radius 2 is 1.03 bits per heavy atom. The number of hydrogen-bond donors (Lipinski definition) is 4. The summed E-state index contributed by atoms with van der Waals surface area (Å²) in [5, 5.41) is 6.81. The minimum atomic E-state index is 0.744. The predicted octanol–water partition coefficient (Wildman–Crippen LogP) is 5.13. The van der Waals surface area contributed by atoms with Gasteiger partial charge in [-0.15, -0.1) is 0 Å². The molecule has 0 amide bonds. The fourth-order valence-electron chi connectivity index (χ4n) is 4.55. The van der Waals surface area contributed by atoms with E-state index in [2.05, 4.69) is 30.6 Å². The largest absolute Gasteiger partial charge is 0.341 e. The number of nitrogens with zero attached hydrogens (tertiary/aromatic N) is 4. The van der Waals surface area contributed by atoms with E-state index in [0.29, 0.717) is 0 Å². The Kier molecular flexibility index (Phi) is 4.60. The van der Waals surface area contributed by atoms with E-state index in [9.17, 15) is 0 Å². The second-order valence-corrected chi connectivity index (χ2v) is 8.49. The molecule has 8 bridgehead atoms. The molecule has 36 heavy (non-hydrogen) atoms. The number of nitrogens with one attached hydrogen (secondary N) is 4. The van der Waals surface area contributed by atoms with Gasteiger partial charge in [-0.05, 0) is 60.7 Å². The highest BCUT2D eigenvalue weighted by atomic mass is 15.1. The summed E-state index contributed by atoms with van der Waals surface area (Å²) in [6.07, 6.45) is 15.2. The van der Waals surface area contributed by atoms with Gasteiger partial charge in [-0.1, -0.05) is 12.1 Å². The van der Waals surface area contributed by atoms with Gasteiger partial charge < -0.3 is 20.6 Å². The number of hydrogen-bond acceptors (Lipinski definition) is 6. The lowest BCUT2D eigenvalue weighted by Crippen LogP contribution is -2.08. The molecule has 0 unspecified atom stereocenters. The number of rotatable bonds is 2. The first-order valence-corrected chi connectivity index (χ1v) is 11.6. The summed E-state index contributed by atoms with van der Waals surface area (Å²) in [6, 6.07) is 16.0. The summed E-state index contributed by atoms with van der Waals surface area (Å²) in [4.78, 5) is 25.4. The Labute approximate surface area is 206 Å². The van der Waals surface area contributed by atoms with E-state index in [4.69, 9.17) is 9.98 Å². The van der Waals surface area contributed by atoms with E-state index in [1.54, 1.807) is 12.4 Å². The van der Waals surface area contributed by atoms with E-state index in [1.165, 1.54) is 0 Å². The Balaban J connectivity index is 1.40. The average molecular weight is 469 g/mol. The second-order valence-electron chi connectivity index (χ2n) is 8.49. The van der Waals surface area contributed by atoms with Crippen LogP contribution in [0.25, 0.3) is 11.1 Å². The van der Waals surface area contributed by atoms with Gasteiger partial charge in [0.05, 0.1) is 11.4 Å². The number of H-pyrrole nitrogens is 2. The van der Waals surface area contributed by atoms with Gasteiger partial charge in [0, 0.05) is 58.4 Å². The van der Waals surface area contributed by atoms with Crippen LogP contribution in [-0.2, 0) is 0 Å². The normalized spacial score (nSPS) is 16.1. The number of pyridine rings is 2. The molecular formula is C28H20N8. The fraction of sp³-hybridized carbons (Fsp3) is 0. The molecule has 3 aliphatic rings. The van der Waals surface area contributed by atoms with Crippen LogP contribution in [0, 0.1) is 0 Å². The van der Waals surface area contributed by atoms with Gasteiger partial charge in [-0.25, -0.2) is 9.98 Å². The standard InChI is InChI=1S/C28H20N8/c1-3-17(15-29-13-1)27-19-5-9-23(31-19)35-25-11-7-21(33-25)28(18-4-2-14-30-16-18)22-8-12-26(34-22)36-24-10-6-20(27)32-24/h1-16H,(H2,31,33,35)(H2,32,34,36). The zero-order valence-electron chi connectivity index (χ0n) is 19.0. The Hall–Kier alpha value is -5.24. The van der Waals surface area contributed by atoms with Gasteiger partial charge in [-0.3, -0.25) is 9.97 Å². The molecule has 8 heteroatoms. The maximum Gasteiger partial charge on any atom is 0.132 e. The van der Waals surface area contributed by atoms with Crippen molar-refractivity contribution in [3.8, 4) is 0 Å². The molecule has 7 rings (SSSR count). The lowest BCUT2D eigenvalue weighted by Gasteiger charge is -2.10. The van der Waals surface area contributed by atoms with Crippen molar-refractivity contribution in [1.82, 2.24) is 19.9 Å². The maximum atomic E-state index is 4.89. The first kappa shape index (κ1) is 20.2. The molecule has 0 saturated carbocycles. The van der Waals surface area contributed by atoms with E-state index in [1.807, 2.05) is 85.2 Å². The predicted molar refractivity (Wildman–Crippen MR) is 142 cm³/mol. The van der Waals surface area contributed by atoms with E-state index < -0.39 is 0 Å². The molecule has 0 aromatic carbocycles. The van der Waals surface area contributed by atoms with E-state index in [-0.39, 0.29) is 0 Å². The average Bonchev–Trinajstić information content (AvgIpc) is 3.72. The topological polar surface area (TPSA) is 106 Å². The maximum absolute atomic E-state index is 4.89. The summed E-state index contributed by atoms with van der Waals surface area (Å²) in [5.74, 6) is 3.15. The molecule has 0 atom stereocenters. The van der Waals surface area contributed by atoms with Gasteiger partial charge in [0.15, 0.2) is 0 Å². The molecular weight excluding hydrogens is 448 g/mol. The highest BCUT2D eigenvalue weighted by Gasteiger charge is 2.20. The van der Waals surface area contributed by atoms with Crippen LogP contribution in [0.4, 0.5) is 11.6 Å². The third kappa shape index (κ3) is 3.57. The zero-order chi connectivity index (χ0) is 23.9. The zero-order valence-corrected chi connectivity index (χ0v) is 19.0. The number of fused-ring (bicyclic) bond motifs is 6. The van der Waals surface area contributed by atoms with Crippen molar-refractivity contribution >= 4 is 34.5 Å². The number of aliphatic imine (C=N–C) groups is 2. The van der Waals surface area contributed by atoms with Crippen molar-refractivity contribution in [1.29, 1.82) is 0 Å². The lowest BCUT2D eigenvalue weighted by atomic mass is 10.0. The van der Waals surface area contributed by atoms with Gasteiger partial charge in [0.1, 0.15) is 23.3 Å². The molecule has 7 heterocycles. The number of amidine groups is 2. The van der Waals surface area contributed by atoms with Gasteiger partial charge >= 0.3 is 0 Å². The summed E-state index contributed by atoms with van der Waals surface area (Å²) >= 11 is 0. The van der Waals surface area contributed by atoms with Crippen LogP contribution in [0.5, 0.6) is 0 Å². The smallest absolute Gasteiger partial charge is 0.132 e. The molecule has 4 aromatic heterocycles. The minimum absolute atomic E-state index is 0.744.